The summed E-state index contributed by atoms with van der Waals surface area (Å²) in [5.41, 5.74) is 9.16. The molecule has 1 aliphatic heterocycles. The van der Waals surface area contributed by atoms with E-state index >= 15 is 0 Å². The molecule has 3 heterocycles. The van der Waals surface area contributed by atoms with Crippen LogP contribution in [-0.4, -0.2) is 28.0 Å². The molecule has 1 aromatic carbocycles. The van der Waals surface area contributed by atoms with E-state index in [1.54, 1.807) is 38.4 Å². The predicted molar refractivity (Wildman–Crippen MR) is 101 cm³/mol. The summed E-state index contributed by atoms with van der Waals surface area (Å²) >= 11 is 0. The molecule has 7 nitrogen and oxygen atoms in total. The van der Waals surface area contributed by atoms with Crippen molar-refractivity contribution in [3.63, 3.8) is 0 Å². The van der Waals surface area contributed by atoms with Crippen molar-refractivity contribution in [3.05, 3.63) is 64.9 Å². The van der Waals surface area contributed by atoms with Crippen molar-refractivity contribution in [2.24, 2.45) is 0 Å². The van der Waals surface area contributed by atoms with Gasteiger partial charge in [0, 0.05) is 24.2 Å². The summed E-state index contributed by atoms with van der Waals surface area (Å²) in [5.74, 6) is 0.0545. The minimum atomic E-state index is -0.405. The van der Waals surface area contributed by atoms with Gasteiger partial charge in [0.1, 0.15) is 11.6 Å². The van der Waals surface area contributed by atoms with Gasteiger partial charge in [-0.2, -0.15) is 0 Å². The second-order valence-corrected chi connectivity index (χ2v) is 6.53. The number of anilines is 1. The monoisotopic (exact) mass is 379 g/mol. The van der Waals surface area contributed by atoms with Crippen LogP contribution >= 0.6 is 0 Å². The lowest BCUT2D eigenvalue weighted by molar-refractivity contribution is 0.0922. The molecule has 0 bridgehead atoms. The minimum absolute atomic E-state index is 0.124. The van der Waals surface area contributed by atoms with Gasteiger partial charge in [-0.05, 0) is 30.7 Å². The summed E-state index contributed by atoms with van der Waals surface area (Å²) in [7, 11) is 1.55. The number of nitrogens with zero attached hydrogens (tertiary/aromatic N) is 3. The molecule has 28 heavy (non-hydrogen) atoms. The smallest absolute Gasteiger partial charge is 0.255 e. The fourth-order valence-electron chi connectivity index (χ4n) is 3.50. The first kappa shape index (κ1) is 17.8. The fourth-order valence-corrected chi connectivity index (χ4v) is 3.50. The molecule has 0 saturated heterocycles. The molecule has 4 rings (SSSR count). The van der Waals surface area contributed by atoms with Crippen LogP contribution in [0.1, 0.15) is 33.4 Å². The Morgan fingerprint density at radius 3 is 2.86 bits per heavy atom. The Morgan fingerprint density at radius 2 is 2.07 bits per heavy atom. The van der Waals surface area contributed by atoms with Gasteiger partial charge in [0.05, 0.1) is 35.8 Å². The summed E-state index contributed by atoms with van der Waals surface area (Å²) in [6.45, 7) is 1.72. The Labute approximate surface area is 160 Å². The molecule has 0 radical (unpaired) electrons. The van der Waals surface area contributed by atoms with E-state index in [1.165, 1.54) is 12.1 Å². The van der Waals surface area contributed by atoms with Gasteiger partial charge in [0.15, 0.2) is 0 Å². The summed E-state index contributed by atoms with van der Waals surface area (Å²) in [6, 6.07) is 7.44. The predicted octanol–water partition coefficient (Wildman–Crippen LogP) is 2.60. The average Bonchev–Trinajstić information content (AvgIpc) is 2.67. The number of amides is 1. The number of hydrogen-bond acceptors (Lipinski definition) is 6. The number of ether oxygens (including phenoxy) is 1. The molecule has 1 amide bonds. The Balaban J connectivity index is 1.81. The average molecular weight is 379 g/mol. The highest BCUT2D eigenvalue weighted by Crippen LogP contribution is 2.34. The highest BCUT2D eigenvalue weighted by molar-refractivity contribution is 5.98. The second-order valence-electron chi connectivity index (χ2n) is 6.53. The highest BCUT2D eigenvalue weighted by atomic mass is 19.1. The molecule has 8 heteroatoms. The summed E-state index contributed by atoms with van der Waals surface area (Å²) < 4.78 is 19.3. The van der Waals surface area contributed by atoms with E-state index < -0.39 is 11.9 Å². The standard InChI is InChI=1S/C20H18FN5O2/c1-10-18-17(26-20(22)24-10)9-16(25-19(18)27)13-4-3-11(21)7-14(13)15-8-12(28-2)5-6-23-15/h3-8,16H,9H2,1-2H3,(H,25,27)(H2,22,24,26). The maximum Gasteiger partial charge on any atom is 0.255 e. The maximum atomic E-state index is 14.0. The number of halogens is 1. The first-order valence-electron chi connectivity index (χ1n) is 8.70. The number of fused-ring (bicyclic) bond motifs is 1. The number of rotatable bonds is 3. The molecule has 2 aromatic heterocycles. The number of pyridine rings is 1. The van der Waals surface area contributed by atoms with Gasteiger partial charge in [0.2, 0.25) is 5.95 Å². The van der Waals surface area contributed by atoms with Crippen molar-refractivity contribution in [3.8, 4) is 17.0 Å². The van der Waals surface area contributed by atoms with Crippen LogP contribution in [0, 0.1) is 12.7 Å². The number of benzene rings is 1. The maximum absolute atomic E-state index is 14.0. The number of aromatic nitrogens is 3. The SMILES string of the molecule is COc1ccnc(-c2cc(F)ccc2C2Cc3nc(N)nc(C)c3C(=O)N2)c1. The molecule has 3 N–H and O–H groups in total. The lowest BCUT2D eigenvalue weighted by atomic mass is 9.90. The van der Waals surface area contributed by atoms with Crippen LogP contribution in [0.3, 0.4) is 0 Å². The summed E-state index contributed by atoms with van der Waals surface area (Å²) in [4.78, 5) is 25.3. The number of aryl methyl sites for hydroxylation is 1. The summed E-state index contributed by atoms with van der Waals surface area (Å²) in [6.07, 6.45) is 2.01. The van der Waals surface area contributed by atoms with Gasteiger partial charge in [-0.1, -0.05) is 6.07 Å². The number of carbonyl (C=O) groups is 1. The lowest BCUT2D eigenvalue weighted by Crippen LogP contribution is -2.37. The van der Waals surface area contributed by atoms with Gasteiger partial charge < -0.3 is 15.8 Å². The zero-order valence-corrected chi connectivity index (χ0v) is 15.4. The van der Waals surface area contributed by atoms with E-state index in [4.69, 9.17) is 10.5 Å². The first-order valence-corrected chi connectivity index (χ1v) is 8.70. The van der Waals surface area contributed by atoms with E-state index in [0.29, 0.717) is 40.4 Å². The Bertz CT molecular complexity index is 1090. The van der Waals surface area contributed by atoms with Crippen molar-refractivity contribution in [1.82, 2.24) is 20.3 Å². The Kier molecular flexibility index (Phi) is 4.38. The molecule has 3 aromatic rings. The quantitative estimate of drug-likeness (QED) is 0.725. The molecule has 1 aliphatic rings. The van der Waals surface area contributed by atoms with E-state index in [2.05, 4.69) is 20.3 Å². The molecular weight excluding hydrogens is 361 g/mol. The van der Waals surface area contributed by atoms with Gasteiger partial charge >= 0.3 is 0 Å². The molecule has 0 fully saturated rings. The van der Waals surface area contributed by atoms with E-state index in [0.717, 1.165) is 5.56 Å². The third-order valence-corrected chi connectivity index (χ3v) is 4.75. The number of methoxy groups -OCH3 is 1. The van der Waals surface area contributed by atoms with Crippen LogP contribution in [0.25, 0.3) is 11.3 Å². The van der Waals surface area contributed by atoms with Crippen LogP contribution < -0.4 is 15.8 Å². The number of nitrogens with two attached hydrogens (primary N) is 1. The van der Waals surface area contributed by atoms with Crippen molar-refractivity contribution >= 4 is 11.9 Å². The zero-order valence-electron chi connectivity index (χ0n) is 15.4. The largest absolute Gasteiger partial charge is 0.497 e. The number of carbonyl (C=O) groups excluding carboxylic acids is 1. The van der Waals surface area contributed by atoms with Crippen molar-refractivity contribution in [2.75, 3.05) is 12.8 Å². The van der Waals surface area contributed by atoms with Crippen molar-refractivity contribution in [2.45, 2.75) is 19.4 Å². The molecule has 0 saturated carbocycles. The Hall–Kier alpha value is -3.55. The van der Waals surface area contributed by atoms with Crippen LogP contribution in [0.15, 0.2) is 36.5 Å². The third-order valence-electron chi connectivity index (χ3n) is 4.75. The minimum Gasteiger partial charge on any atom is -0.497 e. The highest BCUT2D eigenvalue weighted by Gasteiger charge is 2.30. The van der Waals surface area contributed by atoms with Crippen LogP contribution in [0.5, 0.6) is 5.75 Å². The van der Waals surface area contributed by atoms with E-state index in [1.807, 2.05) is 0 Å². The topological polar surface area (TPSA) is 103 Å². The van der Waals surface area contributed by atoms with E-state index in [9.17, 15) is 9.18 Å². The molecule has 1 atom stereocenters. The molecule has 1 unspecified atom stereocenters. The van der Waals surface area contributed by atoms with Gasteiger partial charge in [0.25, 0.3) is 5.91 Å². The number of nitrogen functional groups attached to an aromatic ring is 1. The number of nitrogens with one attached hydrogen (secondary N) is 1. The zero-order chi connectivity index (χ0) is 19.8. The van der Waals surface area contributed by atoms with Gasteiger partial charge in [-0.3, -0.25) is 9.78 Å². The van der Waals surface area contributed by atoms with Crippen molar-refractivity contribution in [1.29, 1.82) is 0 Å². The molecule has 142 valence electrons. The Morgan fingerprint density at radius 1 is 1.25 bits per heavy atom. The lowest BCUT2D eigenvalue weighted by Gasteiger charge is -2.27. The molecule has 0 aliphatic carbocycles. The molecular formula is C20H18FN5O2. The third kappa shape index (κ3) is 3.13. The number of hydrogen-bond donors (Lipinski definition) is 2. The van der Waals surface area contributed by atoms with E-state index in [-0.39, 0.29) is 11.9 Å². The van der Waals surface area contributed by atoms with Gasteiger partial charge in [-0.25, -0.2) is 14.4 Å². The fraction of sp³-hybridized carbons (Fsp3) is 0.200. The normalized spacial score (nSPS) is 15.7. The first-order chi connectivity index (χ1) is 13.5. The van der Waals surface area contributed by atoms with Gasteiger partial charge in [-0.15, -0.1) is 0 Å². The second kappa shape index (κ2) is 6.88. The molecule has 0 spiro atoms. The summed E-state index contributed by atoms with van der Waals surface area (Å²) in [5, 5.41) is 2.97. The van der Waals surface area contributed by atoms with Crippen molar-refractivity contribution < 1.29 is 13.9 Å². The van der Waals surface area contributed by atoms with Crippen LogP contribution in [-0.2, 0) is 6.42 Å². The van der Waals surface area contributed by atoms with Crippen LogP contribution in [0.2, 0.25) is 0 Å². The van der Waals surface area contributed by atoms with Crippen LogP contribution in [0.4, 0.5) is 10.3 Å².